The van der Waals surface area contributed by atoms with Gasteiger partial charge in [0.2, 0.25) is 17.9 Å². The molecule has 7 N–H and O–H groups in total. The molecule has 0 radical (unpaired) electrons. The number of nitro groups is 1. The predicted molar refractivity (Wildman–Crippen MR) is 149 cm³/mol. The second kappa shape index (κ2) is 16.4. The van der Waals surface area contributed by atoms with E-state index in [2.05, 4.69) is 16.0 Å². The molecule has 0 saturated carbocycles. The van der Waals surface area contributed by atoms with Crippen molar-refractivity contribution in [2.24, 2.45) is 5.73 Å². The Balaban J connectivity index is 1.98. The molecular weight excluding hydrogens is 537 g/mol. The SMILES string of the molecule is CC(C/C=C(/N)NCCC[C@H](NC(=O)[C@@H](Cc1ccc(F)cc1)NC(=O)CCc1ccc(O)cc1)C(=O)O)[N+](=O)[O-]. The van der Waals surface area contributed by atoms with Crippen molar-refractivity contribution in [3.8, 4) is 5.75 Å². The Labute approximate surface area is 237 Å². The van der Waals surface area contributed by atoms with Crippen molar-refractivity contribution in [3.63, 3.8) is 0 Å². The van der Waals surface area contributed by atoms with Gasteiger partial charge in [0.25, 0.3) is 0 Å². The third kappa shape index (κ3) is 12.4. The first-order valence-electron chi connectivity index (χ1n) is 13.1. The van der Waals surface area contributed by atoms with Gasteiger partial charge in [0.05, 0.1) is 5.82 Å². The van der Waals surface area contributed by atoms with E-state index < -0.39 is 46.6 Å². The lowest BCUT2D eigenvalue weighted by atomic mass is 10.0. The second-order valence-corrected chi connectivity index (χ2v) is 9.62. The minimum absolute atomic E-state index is 0.00879. The van der Waals surface area contributed by atoms with Crippen LogP contribution in [-0.4, -0.2) is 57.6 Å². The maximum absolute atomic E-state index is 13.4. The van der Waals surface area contributed by atoms with Crippen molar-refractivity contribution in [1.29, 1.82) is 0 Å². The van der Waals surface area contributed by atoms with E-state index in [-0.39, 0.29) is 43.8 Å². The number of aliphatic carboxylic acids is 1. The summed E-state index contributed by atoms with van der Waals surface area (Å²) in [6.45, 7) is 1.72. The molecule has 0 aromatic heterocycles. The Hall–Kier alpha value is -4.68. The zero-order chi connectivity index (χ0) is 30.4. The van der Waals surface area contributed by atoms with Crippen LogP contribution in [0.4, 0.5) is 4.39 Å². The Morgan fingerprint density at radius 2 is 1.68 bits per heavy atom. The van der Waals surface area contributed by atoms with Gasteiger partial charge < -0.3 is 31.9 Å². The first kappa shape index (κ1) is 32.5. The number of nitrogens with two attached hydrogens (primary N) is 1. The Morgan fingerprint density at radius 1 is 1.05 bits per heavy atom. The normalized spacial score (nSPS) is 13.5. The number of amides is 2. The van der Waals surface area contributed by atoms with Crippen LogP contribution in [0.3, 0.4) is 0 Å². The lowest BCUT2D eigenvalue weighted by Crippen LogP contribution is -2.52. The number of hydrogen-bond donors (Lipinski definition) is 6. The fourth-order valence-electron chi connectivity index (χ4n) is 3.78. The highest BCUT2D eigenvalue weighted by Crippen LogP contribution is 2.12. The van der Waals surface area contributed by atoms with Crippen molar-refractivity contribution in [2.45, 2.75) is 63.6 Å². The minimum Gasteiger partial charge on any atom is -0.508 e. The predicted octanol–water partition coefficient (Wildman–Crippen LogP) is 1.99. The van der Waals surface area contributed by atoms with Gasteiger partial charge in [-0.25, -0.2) is 9.18 Å². The maximum atomic E-state index is 13.4. The van der Waals surface area contributed by atoms with Gasteiger partial charge in [0.1, 0.15) is 23.7 Å². The van der Waals surface area contributed by atoms with E-state index in [4.69, 9.17) is 5.73 Å². The third-order valence-corrected chi connectivity index (χ3v) is 6.23. The number of rotatable bonds is 17. The molecule has 0 aliphatic heterocycles. The van der Waals surface area contributed by atoms with Gasteiger partial charge in [0, 0.05) is 37.7 Å². The summed E-state index contributed by atoms with van der Waals surface area (Å²) < 4.78 is 13.4. The summed E-state index contributed by atoms with van der Waals surface area (Å²) >= 11 is 0. The molecule has 222 valence electrons. The highest BCUT2D eigenvalue weighted by molar-refractivity contribution is 5.90. The molecule has 2 aromatic carbocycles. The van der Waals surface area contributed by atoms with E-state index in [9.17, 15) is 39.1 Å². The number of halogens is 1. The third-order valence-electron chi connectivity index (χ3n) is 6.23. The van der Waals surface area contributed by atoms with Crippen LogP contribution < -0.4 is 21.7 Å². The number of carbonyl (C=O) groups excluding carboxylic acids is 2. The van der Waals surface area contributed by atoms with Crippen LogP contribution >= 0.6 is 0 Å². The number of carbonyl (C=O) groups is 3. The van der Waals surface area contributed by atoms with Crippen molar-refractivity contribution in [3.05, 3.63) is 87.5 Å². The molecule has 1 unspecified atom stereocenters. The minimum atomic E-state index is -1.26. The molecule has 3 atom stereocenters. The molecule has 2 rings (SSSR count). The molecule has 2 aromatic rings. The van der Waals surface area contributed by atoms with Gasteiger partial charge in [-0.15, -0.1) is 0 Å². The lowest BCUT2D eigenvalue weighted by Gasteiger charge is -2.22. The molecule has 0 aliphatic rings. The first-order chi connectivity index (χ1) is 19.4. The quantitative estimate of drug-likeness (QED) is 0.0931. The summed E-state index contributed by atoms with van der Waals surface area (Å²) in [5.74, 6) is -2.55. The fourth-order valence-corrected chi connectivity index (χ4v) is 3.78. The summed E-state index contributed by atoms with van der Waals surface area (Å²) in [5.41, 5.74) is 7.15. The molecule has 0 fully saturated rings. The van der Waals surface area contributed by atoms with Crippen molar-refractivity contribution < 1.29 is 33.9 Å². The number of benzene rings is 2. The number of phenols is 1. The lowest BCUT2D eigenvalue weighted by molar-refractivity contribution is -0.517. The number of carboxylic acid groups (broad SMARTS) is 1. The summed E-state index contributed by atoms with van der Waals surface area (Å²) in [5, 5.41) is 37.7. The number of carboxylic acids is 1. The Morgan fingerprint density at radius 3 is 2.29 bits per heavy atom. The summed E-state index contributed by atoms with van der Waals surface area (Å²) in [6.07, 6.45) is 2.37. The van der Waals surface area contributed by atoms with Crippen molar-refractivity contribution in [2.75, 3.05) is 6.54 Å². The van der Waals surface area contributed by atoms with Gasteiger partial charge in [-0.05, 0) is 60.7 Å². The number of phenolic OH excluding ortho intramolecular Hbond substituents is 1. The van der Waals surface area contributed by atoms with Crippen LogP contribution in [-0.2, 0) is 27.2 Å². The van der Waals surface area contributed by atoms with E-state index in [1.54, 1.807) is 12.1 Å². The standard InChI is InChI=1S/C28H36FN5O7/c1-18(34(40)41)4-14-25(30)31-16-2-3-23(28(38)39)33-27(37)24(17-20-5-10-21(29)11-6-20)32-26(36)15-9-19-7-12-22(35)13-8-19/h5-8,10-14,18,23-24,31,35H,2-4,9,15-17,30H2,1H3,(H,32,36)(H,33,37)(H,38,39)/b25-14-/t18?,23-,24+/m0/s1. The van der Waals surface area contributed by atoms with Gasteiger partial charge in [-0.1, -0.05) is 24.3 Å². The Bertz CT molecular complexity index is 1210. The molecule has 12 nitrogen and oxygen atoms in total. The zero-order valence-corrected chi connectivity index (χ0v) is 22.7. The molecular formula is C28H36FN5O7. The number of hydrogen-bond acceptors (Lipinski definition) is 8. The van der Waals surface area contributed by atoms with Gasteiger partial charge in [-0.2, -0.15) is 0 Å². The molecule has 13 heteroatoms. The van der Waals surface area contributed by atoms with E-state index in [0.717, 1.165) is 5.56 Å². The number of aromatic hydroxyl groups is 1. The highest BCUT2D eigenvalue weighted by Gasteiger charge is 2.26. The van der Waals surface area contributed by atoms with Crippen LogP contribution in [0.15, 0.2) is 60.4 Å². The van der Waals surface area contributed by atoms with Gasteiger partial charge in [-0.3, -0.25) is 19.7 Å². The molecule has 2 amide bonds. The van der Waals surface area contributed by atoms with Crippen molar-refractivity contribution in [1.82, 2.24) is 16.0 Å². The average Bonchev–Trinajstić information content (AvgIpc) is 2.93. The molecule has 0 saturated heterocycles. The van der Waals surface area contributed by atoms with Crippen molar-refractivity contribution >= 4 is 17.8 Å². The average molecular weight is 574 g/mol. The largest absolute Gasteiger partial charge is 0.508 e. The van der Waals surface area contributed by atoms with E-state index in [0.29, 0.717) is 18.4 Å². The van der Waals surface area contributed by atoms with Gasteiger partial charge >= 0.3 is 5.97 Å². The highest BCUT2D eigenvalue weighted by atomic mass is 19.1. The summed E-state index contributed by atoms with van der Waals surface area (Å²) in [6, 6.07) is 8.59. The molecule has 41 heavy (non-hydrogen) atoms. The Kier molecular flexibility index (Phi) is 13.0. The number of nitrogens with one attached hydrogen (secondary N) is 3. The first-order valence-corrected chi connectivity index (χ1v) is 13.1. The molecule has 0 heterocycles. The number of aryl methyl sites for hydroxylation is 1. The topological polar surface area (TPSA) is 197 Å². The van der Waals surface area contributed by atoms with Gasteiger partial charge in [0.15, 0.2) is 0 Å². The smallest absolute Gasteiger partial charge is 0.326 e. The van der Waals surface area contributed by atoms with Crippen LogP contribution in [0.25, 0.3) is 0 Å². The molecule has 0 spiro atoms. The second-order valence-electron chi connectivity index (χ2n) is 9.62. The van der Waals surface area contributed by atoms with Crippen LogP contribution in [0, 0.1) is 15.9 Å². The summed E-state index contributed by atoms with van der Waals surface area (Å²) in [4.78, 5) is 47.9. The van der Waals surface area contributed by atoms with E-state index in [1.807, 2.05) is 0 Å². The monoisotopic (exact) mass is 573 g/mol. The number of nitrogens with zero attached hydrogens (tertiary/aromatic N) is 1. The summed E-state index contributed by atoms with van der Waals surface area (Å²) in [7, 11) is 0. The van der Waals surface area contributed by atoms with Crippen LogP contribution in [0.1, 0.15) is 43.7 Å². The van der Waals surface area contributed by atoms with E-state index >= 15 is 0 Å². The molecule has 0 aliphatic carbocycles. The van der Waals surface area contributed by atoms with E-state index in [1.165, 1.54) is 49.4 Å². The fraction of sp³-hybridized carbons (Fsp3) is 0.393. The molecule has 0 bridgehead atoms. The maximum Gasteiger partial charge on any atom is 0.326 e. The van der Waals surface area contributed by atoms with Crippen LogP contribution in [0.2, 0.25) is 0 Å². The zero-order valence-electron chi connectivity index (χ0n) is 22.7. The van der Waals surface area contributed by atoms with Crippen LogP contribution in [0.5, 0.6) is 5.75 Å².